The normalized spacial score (nSPS) is 14.3. The van der Waals surface area contributed by atoms with Gasteiger partial charge in [-0.25, -0.2) is 9.97 Å². The molecule has 28 heavy (non-hydrogen) atoms. The van der Waals surface area contributed by atoms with Crippen molar-refractivity contribution in [1.29, 1.82) is 0 Å². The standard InChI is InChI=1S/C21H29N5OS/c1-15(2)20-23-16(3)13-19(24-20)25-9-11-26(12-10-25)21(28)22-14-17-5-7-18(27-4)8-6-17/h5-8,13,15H,9-12,14H2,1-4H3,(H,22,28). The molecule has 0 bridgehead atoms. The van der Waals surface area contributed by atoms with Crippen molar-refractivity contribution in [2.45, 2.75) is 33.2 Å². The fraction of sp³-hybridized carbons (Fsp3) is 0.476. The molecule has 1 aromatic heterocycles. The van der Waals surface area contributed by atoms with Gasteiger partial charge in [-0.2, -0.15) is 0 Å². The minimum absolute atomic E-state index is 0.328. The Balaban J connectivity index is 1.52. The SMILES string of the molecule is COc1ccc(CNC(=S)N2CCN(c3cc(C)nc(C(C)C)n3)CC2)cc1. The summed E-state index contributed by atoms with van der Waals surface area (Å²) >= 11 is 5.60. The molecule has 1 N–H and O–H groups in total. The maximum absolute atomic E-state index is 5.60. The van der Waals surface area contributed by atoms with Crippen LogP contribution in [-0.4, -0.2) is 53.3 Å². The van der Waals surface area contributed by atoms with Gasteiger partial charge in [-0.15, -0.1) is 0 Å². The molecule has 2 heterocycles. The van der Waals surface area contributed by atoms with Crippen LogP contribution in [0.15, 0.2) is 30.3 Å². The fourth-order valence-electron chi connectivity index (χ4n) is 3.17. The van der Waals surface area contributed by atoms with E-state index >= 15 is 0 Å². The predicted molar refractivity (Wildman–Crippen MR) is 117 cm³/mol. The smallest absolute Gasteiger partial charge is 0.169 e. The Morgan fingerprint density at radius 1 is 1.14 bits per heavy atom. The second kappa shape index (κ2) is 9.19. The van der Waals surface area contributed by atoms with Crippen molar-refractivity contribution in [3.63, 3.8) is 0 Å². The molecule has 0 atom stereocenters. The van der Waals surface area contributed by atoms with E-state index in [0.29, 0.717) is 12.5 Å². The summed E-state index contributed by atoms with van der Waals surface area (Å²) in [5, 5.41) is 4.17. The maximum atomic E-state index is 5.60. The second-order valence-corrected chi connectivity index (χ2v) is 7.75. The average molecular weight is 400 g/mol. The van der Waals surface area contributed by atoms with Gasteiger partial charge in [-0.05, 0) is 36.8 Å². The summed E-state index contributed by atoms with van der Waals surface area (Å²) in [4.78, 5) is 13.9. The molecule has 7 heteroatoms. The van der Waals surface area contributed by atoms with Gasteiger partial charge in [-0.1, -0.05) is 26.0 Å². The third kappa shape index (κ3) is 5.10. The highest BCUT2D eigenvalue weighted by Gasteiger charge is 2.21. The number of thiocarbonyl (C=S) groups is 1. The van der Waals surface area contributed by atoms with Gasteiger partial charge in [0.1, 0.15) is 17.4 Å². The zero-order valence-electron chi connectivity index (χ0n) is 17.1. The molecule has 150 valence electrons. The molecule has 1 aliphatic rings. The van der Waals surface area contributed by atoms with Crippen LogP contribution in [0.1, 0.15) is 36.8 Å². The zero-order valence-corrected chi connectivity index (χ0v) is 17.9. The average Bonchev–Trinajstić information content (AvgIpc) is 2.72. The molecule has 0 saturated carbocycles. The molecular weight excluding hydrogens is 370 g/mol. The third-order valence-electron chi connectivity index (χ3n) is 4.87. The first-order valence-electron chi connectivity index (χ1n) is 9.72. The van der Waals surface area contributed by atoms with Gasteiger partial charge in [0.05, 0.1) is 7.11 Å². The fourth-order valence-corrected chi connectivity index (χ4v) is 3.42. The molecule has 0 spiro atoms. The van der Waals surface area contributed by atoms with Crippen LogP contribution in [0.3, 0.4) is 0 Å². The van der Waals surface area contributed by atoms with E-state index in [1.807, 2.05) is 19.1 Å². The van der Waals surface area contributed by atoms with E-state index in [2.05, 4.69) is 52.1 Å². The molecule has 0 radical (unpaired) electrons. The van der Waals surface area contributed by atoms with Crippen LogP contribution in [0.4, 0.5) is 5.82 Å². The van der Waals surface area contributed by atoms with Crippen molar-refractivity contribution < 1.29 is 4.74 Å². The third-order valence-corrected chi connectivity index (χ3v) is 5.27. The van der Waals surface area contributed by atoms with Crippen molar-refractivity contribution in [2.75, 3.05) is 38.2 Å². The zero-order chi connectivity index (χ0) is 20.1. The molecule has 1 aliphatic heterocycles. The Kier molecular flexibility index (Phi) is 6.67. The summed E-state index contributed by atoms with van der Waals surface area (Å²) in [5.74, 6) is 3.12. The van der Waals surface area contributed by atoms with E-state index < -0.39 is 0 Å². The van der Waals surface area contributed by atoms with Crippen molar-refractivity contribution in [3.8, 4) is 5.75 Å². The number of piperazine rings is 1. The van der Waals surface area contributed by atoms with Gasteiger partial charge in [-0.3, -0.25) is 0 Å². The molecule has 0 unspecified atom stereocenters. The molecule has 3 rings (SSSR count). The van der Waals surface area contributed by atoms with Gasteiger partial charge >= 0.3 is 0 Å². The van der Waals surface area contributed by atoms with Gasteiger partial charge in [0, 0.05) is 50.4 Å². The van der Waals surface area contributed by atoms with E-state index in [-0.39, 0.29) is 0 Å². The summed E-state index contributed by atoms with van der Waals surface area (Å²) in [5.41, 5.74) is 2.20. The van der Waals surface area contributed by atoms with Gasteiger partial charge in [0.15, 0.2) is 5.11 Å². The van der Waals surface area contributed by atoms with Crippen molar-refractivity contribution >= 4 is 23.1 Å². The number of nitrogens with zero attached hydrogens (tertiary/aromatic N) is 4. The van der Waals surface area contributed by atoms with Crippen LogP contribution in [-0.2, 0) is 6.54 Å². The number of rotatable bonds is 5. The Hall–Kier alpha value is -2.41. The van der Waals surface area contributed by atoms with Crippen LogP contribution in [0.2, 0.25) is 0 Å². The molecule has 2 aromatic rings. The minimum Gasteiger partial charge on any atom is -0.497 e. The summed E-state index contributed by atoms with van der Waals surface area (Å²) < 4.78 is 5.20. The number of aromatic nitrogens is 2. The van der Waals surface area contributed by atoms with Crippen LogP contribution in [0.5, 0.6) is 5.75 Å². The van der Waals surface area contributed by atoms with Crippen LogP contribution in [0, 0.1) is 6.92 Å². The minimum atomic E-state index is 0.328. The van der Waals surface area contributed by atoms with E-state index in [1.165, 1.54) is 5.56 Å². The Morgan fingerprint density at radius 2 is 1.82 bits per heavy atom. The Labute approximate surface area is 172 Å². The number of hydrogen-bond donors (Lipinski definition) is 1. The first-order chi connectivity index (χ1) is 13.5. The van der Waals surface area contributed by atoms with Gasteiger partial charge < -0.3 is 19.9 Å². The first-order valence-corrected chi connectivity index (χ1v) is 10.1. The lowest BCUT2D eigenvalue weighted by molar-refractivity contribution is 0.378. The number of hydrogen-bond acceptors (Lipinski definition) is 5. The number of ether oxygens (including phenoxy) is 1. The van der Waals surface area contributed by atoms with E-state index in [1.54, 1.807) is 7.11 Å². The predicted octanol–water partition coefficient (Wildman–Crippen LogP) is 3.11. The van der Waals surface area contributed by atoms with Crippen molar-refractivity contribution in [1.82, 2.24) is 20.2 Å². The summed E-state index contributed by atoms with van der Waals surface area (Å²) in [7, 11) is 1.68. The lowest BCUT2D eigenvalue weighted by atomic mass is 10.2. The van der Waals surface area contributed by atoms with Gasteiger partial charge in [0.25, 0.3) is 0 Å². The maximum Gasteiger partial charge on any atom is 0.169 e. The van der Waals surface area contributed by atoms with E-state index in [4.69, 9.17) is 21.9 Å². The molecule has 1 aromatic carbocycles. The van der Waals surface area contributed by atoms with Crippen LogP contribution >= 0.6 is 12.2 Å². The number of aryl methyl sites for hydroxylation is 1. The quantitative estimate of drug-likeness (QED) is 0.775. The molecule has 6 nitrogen and oxygen atoms in total. The number of benzene rings is 1. The van der Waals surface area contributed by atoms with Crippen LogP contribution < -0.4 is 15.0 Å². The number of nitrogens with one attached hydrogen (secondary N) is 1. The summed E-state index contributed by atoms with van der Waals surface area (Å²) in [6.07, 6.45) is 0. The largest absolute Gasteiger partial charge is 0.497 e. The van der Waals surface area contributed by atoms with Gasteiger partial charge in [0.2, 0.25) is 0 Å². The first kappa shape index (κ1) is 20.3. The Morgan fingerprint density at radius 3 is 2.43 bits per heavy atom. The molecular formula is C21H29N5OS. The van der Waals surface area contributed by atoms with E-state index in [0.717, 1.165) is 54.4 Å². The highest BCUT2D eigenvalue weighted by atomic mass is 32.1. The molecule has 0 amide bonds. The topological polar surface area (TPSA) is 53.5 Å². The van der Waals surface area contributed by atoms with Crippen molar-refractivity contribution in [3.05, 3.63) is 47.4 Å². The molecule has 1 saturated heterocycles. The molecule has 1 fully saturated rings. The highest BCUT2D eigenvalue weighted by Crippen LogP contribution is 2.19. The van der Waals surface area contributed by atoms with Crippen LogP contribution in [0.25, 0.3) is 0 Å². The van der Waals surface area contributed by atoms with Crippen molar-refractivity contribution in [2.24, 2.45) is 0 Å². The summed E-state index contributed by atoms with van der Waals surface area (Å²) in [6, 6.07) is 10.1. The molecule has 0 aliphatic carbocycles. The second-order valence-electron chi connectivity index (χ2n) is 7.36. The number of methoxy groups -OCH3 is 1. The Bertz CT molecular complexity index is 801. The monoisotopic (exact) mass is 399 g/mol. The lowest BCUT2D eigenvalue weighted by Crippen LogP contribution is -2.51. The van der Waals surface area contributed by atoms with E-state index in [9.17, 15) is 0 Å². The lowest BCUT2D eigenvalue weighted by Gasteiger charge is -2.37. The summed E-state index contributed by atoms with van der Waals surface area (Å²) in [6.45, 7) is 10.6. The number of anilines is 1. The highest BCUT2D eigenvalue weighted by molar-refractivity contribution is 7.80.